The maximum Gasteiger partial charge on any atom is 0.229 e. The van der Waals surface area contributed by atoms with E-state index in [1.165, 1.54) is 0 Å². The average molecular weight is 421 g/mol. The largest absolute Gasteiger partial charge is 0.493 e. The lowest BCUT2D eigenvalue weighted by atomic mass is 10.1. The van der Waals surface area contributed by atoms with Crippen LogP contribution in [0.15, 0.2) is 42.5 Å². The van der Waals surface area contributed by atoms with E-state index in [2.05, 4.69) is 19.2 Å². The van der Waals surface area contributed by atoms with Crippen molar-refractivity contribution in [3.05, 3.63) is 52.5 Å². The van der Waals surface area contributed by atoms with Crippen LogP contribution in [0.1, 0.15) is 20.3 Å². The Morgan fingerprint density at radius 2 is 1.89 bits per heavy atom. The number of nitrogens with zero attached hydrogens (tertiary/aromatic N) is 1. The minimum Gasteiger partial charge on any atom is -0.493 e. The molecule has 2 amide bonds. The summed E-state index contributed by atoms with van der Waals surface area (Å²) in [6.07, 6.45) is 0.165. The van der Waals surface area contributed by atoms with E-state index in [1.54, 1.807) is 23.1 Å². The topological polar surface area (TPSA) is 58.6 Å². The molecule has 1 heterocycles. The summed E-state index contributed by atoms with van der Waals surface area (Å²) < 4.78 is 5.67. The molecule has 1 atom stereocenters. The van der Waals surface area contributed by atoms with Crippen LogP contribution >= 0.6 is 23.2 Å². The Hall–Kier alpha value is -2.24. The summed E-state index contributed by atoms with van der Waals surface area (Å²) in [5, 5.41) is 3.58. The minimum atomic E-state index is -0.432. The zero-order valence-corrected chi connectivity index (χ0v) is 17.3. The third-order valence-corrected chi connectivity index (χ3v) is 5.15. The van der Waals surface area contributed by atoms with Gasteiger partial charge in [-0.15, -0.1) is 0 Å². The fraction of sp³-hybridized carbons (Fsp3) is 0.333. The Morgan fingerprint density at radius 1 is 1.18 bits per heavy atom. The maximum absolute atomic E-state index is 12.6. The number of hydrogen-bond donors (Lipinski definition) is 1. The predicted octanol–water partition coefficient (Wildman–Crippen LogP) is 5.02. The number of halogens is 2. The highest BCUT2D eigenvalue weighted by Crippen LogP contribution is 2.29. The van der Waals surface area contributed by atoms with E-state index < -0.39 is 5.92 Å². The van der Waals surface area contributed by atoms with Crippen molar-refractivity contribution in [3.8, 4) is 5.75 Å². The quantitative estimate of drug-likeness (QED) is 0.713. The third-order valence-electron chi connectivity index (χ3n) is 4.41. The molecule has 7 heteroatoms. The molecule has 0 aromatic heterocycles. The summed E-state index contributed by atoms with van der Waals surface area (Å²) in [4.78, 5) is 26.6. The number of amides is 2. The minimum absolute atomic E-state index is 0.0786. The van der Waals surface area contributed by atoms with Crippen LogP contribution in [-0.4, -0.2) is 25.0 Å². The number of benzene rings is 2. The molecule has 28 heavy (non-hydrogen) atoms. The van der Waals surface area contributed by atoms with Crippen LogP contribution in [0.25, 0.3) is 0 Å². The van der Waals surface area contributed by atoms with Crippen LogP contribution in [0.4, 0.5) is 11.4 Å². The number of anilines is 2. The van der Waals surface area contributed by atoms with Gasteiger partial charge in [0.25, 0.3) is 0 Å². The van der Waals surface area contributed by atoms with E-state index >= 15 is 0 Å². The van der Waals surface area contributed by atoms with Gasteiger partial charge in [0.05, 0.1) is 22.6 Å². The molecule has 0 radical (unpaired) electrons. The summed E-state index contributed by atoms with van der Waals surface area (Å²) in [7, 11) is 0. The van der Waals surface area contributed by atoms with E-state index in [0.29, 0.717) is 34.8 Å². The lowest BCUT2D eigenvalue weighted by Gasteiger charge is -2.17. The van der Waals surface area contributed by atoms with E-state index in [1.807, 2.05) is 24.3 Å². The van der Waals surface area contributed by atoms with Gasteiger partial charge in [-0.25, -0.2) is 0 Å². The van der Waals surface area contributed by atoms with Gasteiger partial charge in [0.2, 0.25) is 11.8 Å². The second-order valence-electron chi connectivity index (χ2n) is 7.22. The zero-order chi connectivity index (χ0) is 20.3. The molecule has 148 valence electrons. The monoisotopic (exact) mass is 420 g/mol. The molecule has 1 fully saturated rings. The van der Waals surface area contributed by atoms with E-state index in [4.69, 9.17) is 27.9 Å². The van der Waals surface area contributed by atoms with Crippen molar-refractivity contribution in [2.45, 2.75) is 20.3 Å². The van der Waals surface area contributed by atoms with Gasteiger partial charge < -0.3 is 15.0 Å². The summed E-state index contributed by atoms with van der Waals surface area (Å²) in [6, 6.07) is 12.2. The third kappa shape index (κ3) is 4.97. The number of nitrogens with one attached hydrogen (secondary N) is 1. The van der Waals surface area contributed by atoms with Gasteiger partial charge in [0, 0.05) is 24.3 Å². The number of carbonyl (C=O) groups excluding carboxylic acids is 2. The Kier molecular flexibility index (Phi) is 6.47. The molecule has 1 aliphatic rings. The SMILES string of the molecule is CC(C)COc1ccc(N2C[C@H](C(=O)Nc3ccc(Cl)c(Cl)c3)CC2=O)cc1. The Balaban J connectivity index is 1.62. The number of ether oxygens (including phenoxy) is 1. The summed E-state index contributed by atoms with van der Waals surface area (Å²) in [6.45, 7) is 5.14. The number of hydrogen-bond acceptors (Lipinski definition) is 3. The van der Waals surface area contributed by atoms with Crippen molar-refractivity contribution < 1.29 is 14.3 Å². The normalized spacial score (nSPS) is 16.5. The van der Waals surface area contributed by atoms with Gasteiger partial charge in [-0.2, -0.15) is 0 Å². The molecular weight excluding hydrogens is 399 g/mol. The fourth-order valence-corrected chi connectivity index (χ4v) is 3.23. The van der Waals surface area contributed by atoms with Crippen molar-refractivity contribution in [2.24, 2.45) is 11.8 Å². The highest BCUT2D eigenvalue weighted by Gasteiger charge is 2.35. The first-order chi connectivity index (χ1) is 13.3. The molecule has 2 aromatic rings. The molecule has 1 aliphatic heterocycles. The smallest absolute Gasteiger partial charge is 0.229 e. The first-order valence-corrected chi connectivity index (χ1v) is 9.88. The van der Waals surface area contributed by atoms with Crippen LogP contribution < -0.4 is 15.0 Å². The summed E-state index contributed by atoms with van der Waals surface area (Å²) >= 11 is 11.9. The standard InChI is InChI=1S/C21H22Cl2N2O3/c1-13(2)12-28-17-6-4-16(5-7-17)25-11-14(9-20(25)26)21(27)24-15-3-8-18(22)19(23)10-15/h3-8,10,13-14H,9,11-12H2,1-2H3,(H,24,27)/t14-/m1/s1. The molecule has 3 rings (SSSR count). The van der Waals surface area contributed by atoms with Crippen molar-refractivity contribution in [3.63, 3.8) is 0 Å². The van der Waals surface area contributed by atoms with Gasteiger partial charge in [-0.3, -0.25) is 9.59 Å². The van der Waals surface area contributed by atoms with Crippen LogP contribution in [0, 0.1) is 11.8 Å². The zero-order valence-electron chi connectivity index (χ0n) is 15.7. The van der Waals surface area contributed by atoms with Gasteiger partial charge in [0.1, 0.15) is 5.75 Å². The molecule has 1 N–H and O–H groups in total. The molecule has 0 bridgehead atoms. The van der Waals surface area contributed by atoms with Crippen LogP contribution in [0.2, 0.25) is 10.0 Å². The van der Waals surface area contributed by atoms with Crippen molar-refractivity contribution >= 4 is 46.4 Å². The predicted molar refractivity (Wildman–Crippen MR) is 112 cm³/mol. The lowest BCUT2D eigenvalue weighted by molar-refractivity contribution is -0.122. The second kappa shape index (κ2) is 8.84. The highest BCUT2D eigenvalue weighted by molar-refractivity contribution is 6.42. The van der Waals surface area contributed by atoms with E-state index in [-0.39, 0.29) is 18.2 Å². The van der Waals surface area contributed by atoms with Crippen molar-refractivity contribution in [1.29, 1.82) is 0 Å². The molecule has 0 aliphatic carbocycles. The molecule has 2 aromatic carbocycles. The summed E-state index contributed by atoms with van der Waals surface area (Å²) in [5.41, 5.74) is 1.31. The second-order valence-corrected chi connectivity index (χ2v) is 8.04. The molecule has 0 unspecified atom stereocenters. The Labute approximate surface area is 174 Å². The van der Waals surface area contributed by atoms with Crippen LogP contribution in [-0.2, 0) is 9.59 Å². The maximum atomic E-state index is 12.6. The first kappa shape index (κ1) is 20.5. The molecule has 0 spiro atoms. The Bertz CT molecular complexity index is 868. The van der Waals surface area contributed by atoms with Crippen LogP contribution in [0.5, 0.6) is 5.75 Å². The highest BCUT2D eigenvalue weighted by atomic mass is 35.5. The first-order valence-electron chi connectivity index (χ1n) is 9.12. The van der Waals surface area contributed by atoms with Crippen molar-refractivity contribution in [2.75, 3.05) is 23.4 Å². The molecular formula is C21H22Cl2N2O3. The van der Waals surface area contributed by atoms with Crippen molar-refractivity contribution in [1.82, 2.24) is 0 Å². The van der Waals surface area contributed by atoms with E-state index in [0.717, 1.165) is 11.4 Å². The summed E-state index contributed by atoms with van der Waals surface area (Å²) in [5.74, 6) is 0.475. The average Bonchev–Trinajstić information content (AvgIpc) is 3.05. The van der Waals surface area contributed by atoms with E-state index in [9.17, 15) is 9.59 Å². The fourth-order valence-electron chi connectivity index (χ4n) is 2.94. The molecule has 1 saturated heterocycles. The Morgan fingerprint density at radius 3 is 2.54 bits per heavy atom. The van der Waals surface area contributed by atoms with Gasteiger partial charge in [-0.1, -0.05) is 37.0 Å². The van der Waals surface area contributed by atoms with Gasteiger partial charge >= 0.3 is 0 Å². The number of rotatable bonds is 6. The van der Waals surface area contributed by atoms with Crippen LogP contribution in [0.3, 0.4) is 0 Å². The van der Waals surface area contributed by atoms with Gasteiger partial charge in [0.15, 0.2) is 0 Å². The number of carbonyl (C=O) groups is 2. The molecule has 0 saturated carbocycles. The van der Waals surface area contributed by atoms with Gasteiger partial charge in [-0.05, 0) is 48.4 Å². The molecule has 5 nitrogen and oxygen atoms in total. The lowest BCUT2D eigenvalue weighted by Crippen LogP contribution is -2.28.